The van der Waals surface area contributed by atoms with Crippen LogP contribution in [0.25, 0.3) is 10.9 Å². The topological polar surface area (TPSA) is 363 Å². The Balaban J connectivity index is 1.35. The van der Waals surface area contributed by atoms with Gasteiger partial charge in [-0.25, -0.2) is 17.9 Å². The van der Waals surface area contributed by atoms with E-state index in [4.69, 9.17) is 26.0 Å². The number of sulfonamides is 1. The lowest BCUT2D eigenvalue weighted by molar-refractivity contribution is -0.138. The molecule has 0 spiro atoms. The maximum absolute atomic E-state index is 13.7. The highest BCUT2D eigenvalue weighted by atomic mass is 32.2. The van der Waals surface area contributed by atoms with Gasteiger partial charge < -0.3 is 57.9 Å². The number of benzene rings is 2. The summed E-state index contributed by atoms with van der Waals surface area (Å²) >= 11 is 0. The minimum atomic E-state index is -4.21. The Labute approximate surface area is 430 Å². The summed E-state index contributed by atoms with van der Waals surface area (Å²) in [5.74, 6) is -5.73. The molecular weight excluding hydrogens is 983 g/mol. The zero-order valence-electron chi connectivity index (χ0n) is 43.4. The van der Waals surface area contributed by atoms with Crippen molar-refractivity contribution in [1.82, 2.24) is 41.2 Å². The number of nitrogens with zero attached hydrogens (tertiary/aromatic N) is 2. The maximum Gasteiger partial charge on any atom is 0.419 e. The van der Waals surface area contributed by atoms with E-state index in [9.17, 15) is 46.8 Å². The second-order valence-corrected chi connectivity index (χ2v) is 21.2. The summed E-state index contributed by atoms with van der Waals surface area (Å²) in [4.78, 5) is 107. The van der Waals surface area contributed by atoms with Gasteiger partial charge in [-0.3, -0.25) is 43.1 Å². The van der Waals surface area contributed by atoms with E-state index in [0.29, 0.717) is 51.7 Å². The standard InChI is InChI=1S/C49H71N11O13S/c1-27-28(2)42(29(3)32-18-19-49(8,9)72-41(27)32)74(70,71)59-46(51)52-21-13-16-35(44(67)55-25-40(64)65)58-38(62)23-53-43(66)34(15-12-20-50)57-39(63)24-54-45(68)36(56-30(4)61)22-31-26-60(47(69)73-48(5,6)7)37-17-11-10-14-33(31)37/h10-11,14,17,26,34-36H,12-13,15-16,18-25,50H2,1-9H3,(H,53,66)(H,54,68)(H,55,67)(H,56,61)(H,57,63)(H,58,62)(H,64,65)(H3,51,52,59). The molecule has 24 nitrogen and oxygen atoms in total. The smallest absolute Gasteiger partial charge is 0.419 e. The predicted octanol–water partition coefficient (Wildman–Crippen LogP) is 0.716. The van der Waals surface area contributed by atoms with Crippen LogP contribution < -0.4 is 52.8 Å². The van der Waals surface area contributed by atoms with Gasteiger partial charge in [0.25, 0.3) is 10.0 Å². The third-order valence-corrected chi connectivity index (χ3v) is 13.5. The number of guanidine groups is 1. The Morgan fingerprint density at radius 3 is 1.97 bits per heavy atom. The number of carbonyl (C=O) groups is 8. The van der Waals surface area contributed by atoms with Crippen molar-refractivity contribution >= 4 is 74.4 Å². The Kier molecular flexibility index (Phi) is 20.5. The van der Waals surface area contributed by atoms with E-state index in [1.165, 1.54) is 17.7 Å². The van der Waals surface area contributed by atoms with E-state index >= 15 is 0 Å². The van der Waals surface area contributed by atoms with Crippen LogP contribution in [-0.4, -0.2) is 134 Å². The lowest BCUT2D eigenvalue weighted by Crippen LogP contribution is -2.54. The molecule has 1 aromatic heterocycles. The number of carboxylic acid groups (broad SMARTS) is 1. The van der Waals surface area contributed by atoms with E-state index in [2.05, 4.69) is 41.6 Å². The molecule has 12 N–H and O–H groups in total. The number of ether oxygens (including phenoxy) is 2. The van der Waals surface area contributed by atoms with Crippen molar-refractivity contribution in [3.63, 3.8) is 0 Å². The van der Waals surface area contributed by atoms with Crippen LogP contribution in [0.4, 0.5) is 4.79 Å². The lowest BCUT2D eigenvalue weighted by atomic mass is 9.88. The Bertz CT molecular complexity index is 2770. The molecular formula is C49H71N11O13S. The van der Waals surface area contributed by atoms with Crippen LogP contribution in [0.2, 0.25) is 0 Å². The molecule has 0 fully saturated rings. The first-order chi connectivity index (χ1) is 34.5. The number of hydrogen-bond acceptors (Lipinski definition) is 14. The second kappa shape index (κ2) is 25.6. The molecule has 406 valence electrons. The molecule has 4 rings (SSSR count). The van der Waals surface area contributed by atoms with Crippen LogP contribution in [0.1, 0.15) is 101 Å². The molecule has 2 heterocycles. The summed E-state index contributed by atoms with van der Waals surface area (Å²) in [6, 6.07) is 3.18. The largest absolute Gasteiger partial charge is 0.487 e. The van der Waals surface area contributed by atoms with Crippen molar-refractivity contribution in [2.45, 2.75) is 141 Å². The summed E-state index contributed by atoms with van der Waals surface area (Å²) < 4.78 is 42.7. The van der Waals surface area contributed by atoms with Gasteiger partial charge in [-0.05, 0) is 134 Å². The number of aliphatic carboxylic acids is 1. The van der Waals surface area contributed by atoms with Gasteiger partial charge >= 0.3 is 12.1 Å². The van der Waals surface area contributed by atoms with Gasteiger partial charge in [0.05, 0.1) is 23.5 Å². The molecule has 25 heteroatoms. The highest BCUT2D eigenvalue weighted by Crippen LogP contribution is 2.42. The third-order valence-electron chi connectivity index (χ3n) is 11.9. The number of aromatic nitrogens is 1. The number of carboxylic acids is 1. The van der Waals surface area contributed by atoms with Crippen LogP contribution in [0.5, 0.6) is 5.75 Å². The second-order valence-electron chi connectivity index (χ2n) is 19.6. The number of amides is 6. The monoisotopic (exact) mass is 1050 g/mol. The molecule has 3 aromatic rings. The molecule has 2 aromatic carbocycles. The number of aliphatic imine (C=N–C) groups is 1. The first-order valence-electron chi connectivity index (χ1n) is 24.1. The van der Waals surface area contributed by atoms with Crippen molar-refractivity contribution < 1.29 is 61.4 Å². The van der Waals surface area contributed by atoms with Gasteiger partial charge in [0, 0.05) is 31.5 Å². The summed E-state index contributed by atoms with van der Waals surface area (Å²) in [6.45, 7) is 13.5. The average Bonchev–Trinajstić information content (AvgIpc) is 3.67. The summed E-state index contributed by atoms with van der Waals surface area (Å²) in [6.07, 6.45) is 2.32. The van der Waals surface area contributed by atoms with Gasteiger partial charge in [0.2, 0.25) is 41.4 Å². The molecule has 0 aliphatic carbocycles. The van der Waals surface area contributed by atoms with Crippen molar-refractivity contribution in [2.75, 3.05) is 32.7 Å². The van der Waals surface area contributed by atoms with Gasteiger partial charge in [0.1, 0.15) is 41.6 Å². The lowest BCUT2D eigenvalue weighted by Gasteiger charge is -2.35. The first kappa shape index (κ1) is 59.3. The first-order valence-corrected chi connectivity index (χ1v) is 25.6. The molecule has 6 amide bonds. The SMILES string of the molecule is CC(=O)NC(Cc1cn(C(=O)OC(C)(C)C)c2ccccc12)C(=O)NCC(=O)NC(CCCN)C(=O)NCC(=O)NC(CCCN=C(N)NS(=O)(=O)c1c(C)c(C)c2c(c1C)CCC(C)(C)O2)C(=O)NCC(=O)O. The van der Waals surface area contributed by atoms with Gasteiger partial charge in [-0.1, -0.05) is 18.2 Å². The zero-order chi connectivity index (χ0) is 55.3. The van der Waals surface area contributed by atoms with Crippen molar-refractivity contribution in [1.29, 1.82) is 0 Å². The molecule has 1 aliphatic rings. The number of hydrogen-bond donors (Lipinski definition) is 10. The fraction of sp³-hybridized carbons (Fsp3) is 0.531. The van der Waals surface area contributed by atoms with Gasteiger partial charge in [-0.15, -0.1) is 0 Å². The molecule has 1 aliphatic heterocycles. The van der Waals surface area contributed by atoms with E-state index in [0.717, 1.165) is 5.56 Å². The summed E-state index contributed by atoms with van der Waals surface area (Å²) in [5, 5.41) is 24.3. The maximum atomic E-state index is 13.7. The number of fused-ring (bicyclic) bond motifs is 2. The van der Waals surface area contributed by atoms with Gasteiger partial charge in [0.15, 0.2) is 0 Å². The normalized spacial score (nSPS) is 14.5. The number of nitrogens with one attached hydrogen (secondary N) is 7. The van der Waals surface area contributed by atoms with Crippen LogP contribution >= 0.6 is 0 Å². The van der Waals surface area contributed by atoms with Crippen molar-refractivity contribution in [3.8, 4) is 5.75 Å². The third kappa shape index (κ3) is 16.9. The van der Waals surface area contributed by atoms with Gasteiger partial charge in [-0.2, -0.15) is 0 Å². The molecule has 74 heavy (non-hydrogen) atoms. The molecule has 3 atom stereocenters. The Morgan fingerprint density at radius 2 is 1.41 bits per heavy atom. The van der Waals surface area contributed by atoms with Crippen molar-refractivity contribution in [2.24, 2.45) is 16.5 Å². The molecule has 0 saturated carbocycles. The van der Waals surface area contributed by atoms with Crippen LogP contribution in [0.15, 0.2) is 40.4 Å². The summed E-state index contributed by atoms with van der Waals surface area (Å²) in [7, 11) is -4.21. The fourth-order valence-corrected chi connectivity index (χ4v) is 9.76. The quantitative estimate of drug-likeness (QED) is 0.0355. The van der Waals surface area contributed by atoms with Crippen LogP contribution in [-0.2, 0) is 61.2 Å². The molecule has 0 bridgehead atoms. The average molecular weight is 1050 g/mol. The number of para-hydroxylation sites is 1. The number of carbonyl (C=O) groups excluding carboxylic acids is 7. The minimum Gasteiger partial charge on any atom is -0.487 e. The van der Waals surface area contributed by atoms with E-state index < -0.39 is 112 Å². The molecule has 3 unspecified atom stereocenters. The summed E-state index contributed by atoms with van der Waals surface area (Å²) in [5.41, 5.74) is 14.0. The highest BCUT2D eigenvalue weighted by Gasteiger charge is 2.34. The Hall–Kier alpha value is -7.28. The minimum absolute atomic E-state index is 0.0273. The number of rotatable bonds is 23. The molecule has 0 saturated heterocycles. The highest BCUT2D eigenvalue weighted by molar-refractivity contribution is 7.90. The predicted molar refractivity (Wildman–Crippen MR) is 273 cm³/mol. The zero-order valence-corrected chi connectivity index (χ0v) is 44.2. The Morgan fingerprint density at radius 1 is 0.838 bits per heavy atom. The van der Waals surface area contributed by atoms with E-state index in [1.54, 1.807) is 65.8 Å². The van der Waals surface area contributed by atoms with E-state index in [1.807, 2.05) is 13.8 Å². The van der Waals surface area contributed by atoms with E-state index in [-0.39, 0.29) is 50.1 Å². The van der Waals surface area contributed by atoms with Crippen LogP contribution in [0.3, 0.4) is 0 Å². The van der Waals surface area contributed by atoms with Crippen molar-refractivity contribution in [3.05, 3.63) is 58.3 Å². The number of nitrogens with two attached hydrogens (primary N) is 2. The molecule has 0 radical (unpaired) electrons. The fourth-order valence-electron chi connectivity index (χ4n) is 8.23. The van der Waals surface area contributed by atoms with Crippen LogP contribution in [0, 0.1) is 20.8 Å².